The third kappa shape index (κ3) is 6.49. The van der Waals surface area contributed by atoms with E-state index < -0.39 is 12.2 Å². The topological polar surface area (TPSA) is 60.8 Å². The number of amides is 1. The Bertz CT molecular complexity index is 646. The van der Waals surface area contributed by atoms with E-state index in [9.17, 15) is 15.0 Å². The molecule has 4 heteroatoms. The van der Waals surface area contributed by atoms with Crippen LogP contribution in [0.1, 0.15) is 38.3 Å². The molecule has 3 atom stereocenters. The minimum absolute atomic E-state index is 0.0230. The van der Waals surface area contributed by atoms with Crippen LogP contribution in [-0.2, 0) is 17.9 Å². The molecule has 0 bridgehead atoms. The number of rotatable bonds is 9. The molecule has 0 aromatic heterocycles. The predicted octanol–water partition coefficient (Wildman–Crippen LogP) is 3.62. The van der Waals surface area contributed by atoms with E-state index in [4.69, 9.17) is 0 Å². The third-order valence-corrected chi connectivity index (χ3v) is 4.90. The Morgan fingerprint density at radius 3 is 1.67 bits per heavy atom. The zero-order chi connectivity index (χ0) is 19.8. The Hall–Kier alpha value is -2.17. The van der Waals surface area contributed by atoms with Gasteiger partial charge in [-0.1, -0.05) is 81.4 Å². The molecule has 146 valence electrons. The Morgan fingerprint density at radius 1 is 0.815 bits per heavy atom. The molecule has 4 nitrogen and oxygen atoms in total. The van der Waals surface area contributed by atoms with Gasteiger partial charge in [0.25, 0.3) is 0 Å². The molecule has 0 radical (unpaired) electrons. The average molecular weight is 370 g/mol. The number of carbonyl (C=O) groups excluding carboxylic acids is 1. The Labute approximate surface area is 162 Å². The first kappa shape index (κ1) is 21.1. The SMILES string of the molecule is CC(C)[C@@H](O)[C@H](O)[C@@H](C)CC(=O)N(Cc1ccccc1)Cc1ccccc1. The molecule has 2 rings (SSSR count). The summed E-state index contributed by atoms with van der Waals surface area (Å²) in [5, 5.41) is 20.5. The van der Waals surface area contributed by atoms with E-state index in [2.05, 4.69) is 0 Å². The van der Waals surface area contributed by atoms with Gasteiger partial charge in [0, 0.05) is 19.5 Å². The van der Waals surface area contributed by atoms with Crippen LogP contribution in [0.3, 0.4) is 0 Å². The van der Waals surface area contributed by atoms with Crippen molar-refractivity contribution in [2.75, 3.05) is 0 Å². The molecule has 27 heavy (non-hydrogen) atoms. The van der Waals surface area contributed by atoms with Gasteiger partial charge in [0.2, 0.25) is 5.91 Å². The summed E-state index contributed by atoms with van der Waals surface area (Å²) in [5.74, 6) is -0.392. The van der Waals surface area contributed by atoms with Crippen molar-refractivity contribution in [2.45, 2.75) is 52.5 Å². The number of hydrogen-bond donors (Lipinski definition) is 2. The van der Waals surface area contributed by atoms with E-state index in [0.717, 1.165) is 11.1 Å². The lowest BCUT2D eigenvalue weighted by atomic mass is 9.90. The second kappa shape index (κ2) is 10.2. The minimum Gasteiger partial charge on any atom is -0.390 e. The highest BCUT2D eigenvalue weighted by molar-refractivity contribution is 5.76. The van der Waals surface area contributed by atoms with Crippen LogP contribution in [0.5, 0.6) is 0 Å². The molecule has 2 aromatic rings. The zero-order valence-corrected chi connectivity index (χ0v) is 16.5. The van der Waals surface area contributed by atoms with Crippen LogP contribution < -0.4 is 0 Å². The molecule has 0 fully saturated rings. The van der Waals surface area contributed by atoms with Crippen molar-refractivity contribution in [1.82, 2.24) is 4.90 Å². The lowest BCUT2D eigenvalue weighted by Gasteiger charge is -2.29. The highest BCUT2D eigenvalue weighted by atomic mass is 16.3. The zero-order valence-electron chi connectivity index (χ0n) is 16.5. The van der Waals surface area contributed by atoms with Gasteiger partial charge in [-0.3, -0.25) is 4.79 Å². The van der Waals surface area contributed by atoms with Crippen molar-refractivity contribution in [3.05, 3.63) is 71.8 Å². The van der Waals surface area contributed by atoms with Crippen molar-refractivity contribution < 1.29 is 15.0 Å². The summed E-state index contributed by atoms with van der Waals surface area (Å²) in [6.07, 6.45) is -1.54. The van der Waals surface area contributed by atoms with E-state index in [0.29, 0.717) is 13.1 Å². The van der Waals surface area contributed by atoms with Gasteiger partial charge in [0.1, 0.15) is 0 Å². The second-order valence-corrected chi connectivity index (χ2v) is 7.63. The van der Waals surface area contributed by atoms with E-state index in [1.54, 1.807) is 0 Å². The van der Waals surface area contributed by atoms with Gasteiger partial charge in [0.15, 0.2) is 0 Å². The summed E-state index contributed by atoms with van der Waals surface area (Å²) in [7, 11) is 0. The summed E-state index contributed by atoms with van der Waals surface area (Å²) < 4.78 is 0. The molecule has 0 aliphatic rings. The maximum atomic E-state index is 13.0. The van der Waals surface area contributed by atoms with Gasteiger partial charge < -0.3 is 15.1 Å². The van der Waals surface area contributed by atoms with E-state index in [1.165, 1.54) is 0 Å². The summed E-state index contributed by atoms with van der Waals surface area (Å²) in [5.41, 5.74) is 2.13. The highest BCUT2D eigenvalue weighted by Gasteiger charge is 2.28. The standard InChI is InChI=1S/C23H31NO3/c1-17(2)22(26)23(27)18(3)14-21(25)24(15-19-10-6-4-7-11-19)16-20-12-8-5-9-13-20/h4-13,17-18,22-23,26-27H,14-16H2,1-3H3/t18-,22+,23+/m0/s1. The quantitative estimate of drug-likeness (QED) is 0.710. The maximum Gasteiger partial charge on any atom is 0.223 e. The van der Waals surface area contributed by atoms with Crippen LogP contribution in [-0.4, -0.2) is 33.2 Å². The first-order valence-corrected chi connectivity index (χ1v) is 9.60. The molecule has 0 aliphatic carbocycles. The first-order valence-electron chi connectivity index (χ1n) is 9.60. The predicted molar refractivity (Wildman–Crippen MR) is 108 cm³/mol. The highest BCUT2D eigenvalue weighted by Crippen LogP contribution is 2.20. The lowest BCUT2D eigenvalue weighted by Crippen LogP contribution is -2.39. The summed E-state index contributed by atoms with van der Waals surface area (Å²) >= 11 is 0. The van der Waals surface area contributed by atoms with Crippen LogP contribution in [0, 0.1) is 11.8 Å². The van der Waals surface area contributed by atoms with Crippen LogP contribution in [0.15, 0.2) is 60.7 Å². The molecule has 2 aromatic carbocycles. The Morgan fingerprint density at radius 2 is 1.26 bits per heavy atom. The molecule has 1 amide bonds. The molecule has 2 N–H and O–H groups in total. The summed E-state index contributed by atoms with van der Waals surface area (Å²) in [6.45, 7) is 6.57. The summed E-state index contributed by atoms with van der Waals surface area (Å²) in [6, 6.07) is 19.8. The fraction of sp³-hybridized carbons (Fsp3) is 0.435. The second-order valence-electron chi connectivity index (χ2n) is 7.63. The normalized spacial score (nSPS) is 14.6. The van der Waals surface area contributed by atoms with Gasteiger partial charge in [-0.25, -0.2) is 0 Å². The molecule has 0 saturated carbocycles. The number of aliphatic hydroxyl groups is 2. The number of nitrogens with zero attached hydrogens (tertiary/aromatic N) is 1. The number of benzene rings is 2. The number of hydrogen-bond acceptors (Lipinski definition) is 3. The molecule has 0 saturated heterocycles. The fourth-order valence-electron chi connectivity index (χ4n) is 3.10. The molecule has 0 heterocycles. The maximum absolute atomic E-state index is 13.0. The Kier molecular flexibility index (Phi) is 8.01. The van der Waals surface area contributed by atoms with Gasteiger partial charge in [0.05, 0.1) is 12.2 Å². The van der Waals surface area contributed by atoms with Crippen molar-refractivity contribution in [3.8, 4) is 0 Å². The van der Waals surface area contributed by atoms with Gasteiger partial charge >= 0.3 is 0 Å². The minimum atomic E-state index is -0.913. The van der Waals surface area contributed by atoms with E-state index in [-0.39, 0.29) is 24.2 Å². The van der Waals surface area contributed by atoms with Crippen LogP contribution in [0.25, 0.3) is 0 Å². The van der Waals surface area contributed by atoms with Crippen molar-refractivity contribution in [2.24, 2.45) is 11.8 Å². The molecule has 0 spiro atoms. The largest absolute Gasteiger partial charge is 0.390 e. The van der Waals surface area contributed by atoms with Gasteiger partial charge in [-0.05, 0) is 23.0 Å². The molecular formula is C23H31NO3. The van der Waals surface area contributed by atoms with Crippen LogP contribution in [0.4, 0.5) is 0 Å². The average Bonchev–Trinajstić information content (AvgIpc) is 2.67. The van der Waals surface area contributed by atoms with Crippen molar-refractivity contribution in [3.63, 3.8) is 0 Å². The first-order chi connectivity index (χ1) is 12.9. The molecule has 0 aliphatic heterocycles. The number of aliphatic hydroxyl groups excluding tert-OH is 2. The smallest absolute Gasteiger partial charge is 0.223 e. The van der Waals surface area contributed by atoms with E-state index >= 15 is 0 Å². The van der Waals surface area contributed by atoms with E-state index in [1.807, 2.05) is 86.3 Å². The molecular weight excluding hydrogens is 338 g/mol. The van der Waals surface area contributed by atoms with Crippen molar-refractivity contribution in [1.29, 1.82) is 0 Å². The van der Waals surface area contributed by atoms with Crippen LogP contribution >= 0.6 is 0 Å². The number of carbonyl (C=O) groups is 1. The monoisotopic (exact) mass is 369 g/mol. The third-order valence-electron chi connectivity index (χ3n) is 4.90. The fourth-order valence-corrected chi connectivity index (χ4v) is 3.10. The lowest BCUT2D eigenvalue weighted by molar-refractivity contribution is -0.135. The summed E-state index contributed by atoms with van der Waals surface area (Å²) in [4.78, 5) is 14.8. The van der Waals surface area contributed by atoms with Gasteiger partial charge in [-0.2, -0.15) is 0 Å². The Balaban J connectivity index is 2.10. The molecule has 0 unspecified atom stereocenters. The van der Waals surface area contributed by atoms with Gasteiger partial charge in [-0.15, -0.1) is 0 Å². The van der Waals surface area contributed by atoms with Crippen molar-refractivity contribution >= 4 is 5.91 Å². The van der Waals surface area contributed by atoms with Crippen LogP contribution in [0.2, 0.25) is 0 Å².